The van der Waals surface area contributed by atoms with E-state index in [9.17, 15) is 23.2 Å². The van der Waals surface area contributed by atoms with E-state index in [4.69, 9.17) is 9.72 Å². The molecule has 2 aromatic carbocycles. The third-order valence-corrected chi connectivity index (χ3v) is 8.97. The molecule has 0 bridgehead atoms. The zero-order chi connectivity index (χ0) is 32.7. The minimum atomic E-state index is -4.64. The maximum Gasteiger partial charge on any atom is 0.416 e. The molecule has 4 aromatic rings. The van der Waals surface area contributed by atoms with Crippen LogP contribution in [0.5, 0.6) is 0 Å². The average molecular weight is 643 g/mol. The van der Waals surface area contributed by atoms with Crippen LogP contribution in [0.4, 0.5) is 24.8 Å². The molecule has 0 atom stereocenters. The lowest BCUT2D eigenvalue weighted by molar-refractivity contribution is -0.138. The molecule has 1 saturated carbocycles. The molecule has 0 unspecified atom stereocenters. The Balaban J connectivity index is 1.30. The van der Waals surface area contributed by atoms with Crippen LogP contribution in [-0.2, 0) is 31.1 Å². The van der Waals surface area contributed by atoms with Gasteiger partial charge in [-0.25, -0.2) is 4.98 Å². The maximum atomic E-state index is 14.5. The van der Waals surface area contributed by atoms with Crippen molar-refractivity contribution in [3.63, 3.8) is 0 Å². The second-order valence-corrected chi connectivity index (χ2v) is 12.3. The SMILES string of the molecule is Cn1cnnc1-c1ccc(C#N)cc1-c1cc(NCCC2CC2)nc(N2Cc3c(cc(CN4CCOCC4)cc3C(F)(F)F)C2=O)c1. The molecule has 4 heterocycles. The fourth-order valence-corrected chi connectivity index (χ4v) is 6.30. The van der Waals surface area contributed by atoms with Gasteiger partial charge in [0.25, 0.3) is 5.91 Å². The summed E-state index contributed by atoms with van der Waals surface area (Å²) in [6, 6.07) is 13.7. The summed E-state index contributed by atoms with van der Waals surface area (Å²) in [5, 5.41) is 21.4. The fourth-order valence-electron chi connectivity index (χ4n) is 6.30. The van der Waals surface area contributed by atoms with Crippen LogP contribution < -0.4 is 10.2 Å². The molecular weight excluding hydrogens is 609 g/mol. The number of fused-ring (bicyclic) bond motifs is 1. The molecule has 10 nitrogen and oxygen atoms in total. The highest BCUT2D eigenvalue weighted by atomic mass is 19.4. The predicted molar refractivity (Wildman–Crippen MR) is 168 cm³/mol. The van der Waals surface area contributed by atoms with E-state index >= 15 is 0 Å². The van der Waals surface area contributed by atoms with Crippen LogP contribution in [0.2, 0.25) is 0 Å². The molecule has 47 heavy (non-hydrogen) atoms. The monoisotopic (exact) mass is 642 g/mol. The van der Waals surface area contributed by atoms with Crippen molar-refractivity contribution < 1.29 is 22.7 Å². The number of morpholine rings is 1. The largest absolute Gasteiger partial charge is 0.416 e. The molecule has 242 valence electrons. The first-order valence-electron chi connectivity index (χ1n) is 15.7. The Labute approximate surface area is 269 Å². The van der Waals surface area contributed by atoms with E-state index in [0.717, 1.165) is 6.42 Å². The number of anilines is 2. The number of ether oxygens (including phenoxy) is 1. The molecule has 1 aliphatic carbocycles. The van der Waals surface area contributed by atoms with E-state index in [0.29, 0.717) is 78.2 Å². The number of hydrogen-bond donors (Lipinski definition) is 1. The van der Waals surface area contributed by atoms with Gasteiger partial charge in [-0.1, -0.05) is 12.8 Å². The number of aryl methyl sites for hydroxylation is 1. The molecule has 2 aromatic heterocycles. The summed E-state index contributed by atoms with van der Waals surface area (Å²) in [4.78, 5) is 22.1. The van der Waals surface area contributed by atoms with Gasteiger partial charge in [0.2, 0.25) is 0 Å². The number of benzene rings is 2. The minimum Gasteiger partial charge on any atom is -0.379 e. The molecule has 13 heteroatoms. The summed E-state index contributed by atoms with van der Waals surface area (Å²) in [5.74, 6) is 1.40. The summed E-state index contributed by atoms with van der Waals surface area (Å²) in [6.07, 6.45) is 0.279. The van der Waals surface area contributed by atoms with Crippen LogP contribution in [0.3, 0.4) is 0 Å². The van der Waals surface area contributed by atoms with E-state index in [1.54, 1.807) is 41.2 Å². The van der Waals surface area contributed by atoms with Crippen molar-refractivity contribution in [1.29, 1.82) is 5.26 Å². The van der Waals surface area contributed by atoms with E-state index in [-0.39, 0.29) is 30.0 Å². The fraction of sp³-hybridized carbons (Fsp3) is 0.382. The zero-order valence-corrected chi connectivity index (χ0v) is 25.8. The molecule has 0 spiro atoms. The number of rotatable bonds is 9. The Morgan fingerprint density at radius 2 is 1.87 bits per heavy atom. The van der Waals surface area contributed by atoms with Crippen LogP contribution in [0, 0.1) is 17.2 Å². The first-order chi connectivity index (χ1) is 22.7. The Morgan fingerprint density at radius 1 is 1.06 bits per heavy atom. The first-order valence-corrected chi connectivity index (χ1v) is 15.7. The van der Waals surface area contributed by atoms with Crippen molar-refractivity contribution in [3.8, 4) is 28.6 Å². The lowest BCUT2D eigenvalue weighted by Crippen LogP contribution is -2.35. The smallest absolute Gasteiger partial charge is 0.379 e. The van der Waals surface area contributed by atoms with Crippen LogP contribution in [0.25, 0.3) is 22.5 Å². The number of nitriles is 1. The number of carbonyl (C=O) groups excluding carboxylic acids is 1. The van der Waals surface area contributed by atoms with E-state index in [2.05, 4.69) is 21.6 Å². The minimum absolute atomic E-state index is 0.0322. The van der Waals surface area contributed by atoms with Gasteiger partial charge in [-0.15, -0.1) is 10.2 Å². The first kappa shape index (κ1) is 30.8. The Morgan fingerprint density at radius 3 is 2.57 bits per heavy atom. The maximum absolute atomic E-state index is 14.5. The molecule has 1 N–H and O–H groups in total. The van der Waals surface area contributed by atoms with Gasteiger partial charge in [0.05, 0.1) is 37.0 Å². The van der Waals surface area contributed by atoms with Gasteiger partial charge >= 0.3 is 6.18 Å². The quantitative estimate of drug-likeness (QED) is 0.250. The highest BCUT2D eigenvalue weighted by molar-refractivity contribution is 6.10. The molecule has 7 rings (SSSR count). The van der Waals surface area contributed by atoms with Gasteiger partial charge in [-0.05, 0) is 77.1 Å². The van der Waals surface area contributed by atoms with Crippen LogP contribution in [-0.4, -0.2) is 63.4 Å². The third-order valence-electron chi connectivity index (χ3n) is 8.97. The van der Waals surface area contributed by atoms with Gasteiger partial charge in [0, 0.05) is 44.4 Å². The van der Waals surface area contributed by atoms with Gasteiger partial charge in [-0.3, -0.25) is 14.6 Å². The lowest BCUT2D eigenvalue weighted by atomic mass is 9.97. The van der Waals surface area contributed by atoms with Crippen LogP contribution in [0.1, 0.15) is 51.9 Å². The molecule has 1 saturated heterocycles. The van der Waals surface area contributed by atoms with Crippen molar-refractivity contribution in [2.45, 2.75) is 38.5 Å². The second kappa shape index (κ2) is 12.4. The van der Waals surface area contributed by atoms with Gasteiger partial charge in [-0.2, -0.15) is 18.4 Å². The molecule has 1 amide bonds. The highest BCUT2D eigenvalue weighted by Crippen LogP contribution is 2.41. The number of amides is 1. The number of nitrogens with zero attached hydrogens (tertiary/aromatic N) is 7. The summed E-state index contributed by atoms with van der Waals surface area (Å²) >= 11 is 0. The summed E-state index contributed by atoms with van der Waals surface area (Å²) in [5.41, 5.74) is 2.00. The van der Waals surface area contributed by atoms with Crippen molar-refractivity contribution in [3.05, 3.63) is 76.6 Å². The molecular formula is C34H33F3N8O2. The van der Waals surface area contributed by atoms with Gasteiger partial charge in [0.1, 0.15) is 18.0 Å². The summed E-state index contributed by atoms with van der Waals surface area (Å²) in [7, 11) is 1.81. The Bertz CT molecular complexity index is 1870. The summed E-state index contributed by atoms with van der Waals surface area (Å²) in [6.45, 7) is 2.91. The molecule has 0 radical (unpaired) electrons. The normalized spacial score (nSPS) is 16.7. The number of nitrogens with one attached hydrogen (secondary N) is 1. The number of alkyl halides is 3. The van der Waals surface area contributed by atoms with E-state index in [1.807, 2.05) is 18.0 Å². The number of pyridine rings is 1. The number of aromatic nitrogens is 4. The highest BCUT2D eigenvalue weighted by Gasteiger charge is 2.41. The number of halogens is 3. The second-order valence-electron chi connectivity index (χ2n) is 12.3. The lowest BCUT2D eigenvalue weighted by Gasteiger charge is -2.27. The molecule has 2 aliphatic heterocycles. The van der Waals surface area contributed by atoms with Crippen LogP contribution in [0.15, 0.2) is 48.8 Å². The Hall–Kier alpha value is -4.80. The van der Waals surface area contributed by atoms with Gasteiger partial charge in [0.15, 0.2) is 5.82 Å². The van der Waals surface area contributed by atoms with Crippen molar-refractivity contribution >= 4 is 17.5 Å². The van der Waals surface area contributed by atoms with Gasteiger partial charge < -0.3 is 14.6 Å². The van der Waals surface area contributed by atoms with Crippen LogP contribution >= 0.6 is 0 Å². The Kier molecular flexibility index (Phi) is 8.15. The summed E-state index contributed by atoms with van der Waals surface area (Å²) < 4.78 is 50.6. The van der Waals surface area contributed by atoms with E-state index in [1.165, 1.54) is 23.8 Å². The predicted octanol–water partition coefficient (Wildman–Crippen LogP) is 5.64. The topological polar surface area (TPSA) is 112 Å². The van der Waals surface area contributed by atoms with Crippen molar-refractivity contribution in [1.82, 2.24) is 24.6 Å². The zero-order valence-electron chi connectivity index (χ0n) is 25.8. The standard InChI is InChI=1S/C34H33F3N8O2/c1-43-20-40-42-32(43)25-5-4-22(17-38)12-26(25)24-15-30(39-7-6-21-2-3-21)41-31(16-24)45-19-28-27(33(45)46)13-23(14-29(28)34(35,36)37)18-44-8-10-47-11-9-44/h4-5,12-16,20-21H,2-3,6-11,18-19H2,1H3,(H,39,41). The van der Waals surface area contributed by atoms with Crippen molar-refractivity contribution in [2.24, 2.45) is 13.0 Å². The third kappa shape index (κ3) is 6.43. The molecule has 2 fully saturated rings. The average Bonchev–Trinajstić information content (AvgIpc) is 3.70. The number of hydrogen-bond acceptors (Lipinski definition) is 8. The number of carbonyl (C=O) groups is 1. The van der Waals surface area contributed by atoms with E-state index < -0.39 is 17.6 Å². The van der Waals surface area contributed by atoms with Crippen molar-refractivity contribution in [2.75, 3.05) is 43.1 Å². The molecule has 3 aliphatic rings.